The number of hydrogen-bond donors (Lipinski definition) is 3. The van der Waals surface area contributed by atoms with Gasteiger partial charge in [0.15, 0.2) is 0 Å². The third-order valence-corrected chi connectivity index (χ3v) is 3.08. The Morgan fingerprint density at radius 2 is 1.65 bits per heavy atom. The van der Waals surface area contributed by atoms with Crippen molar-refractivity contribution in [3.8, 4) is 11.5 Å². The van der Waals surface area contributed by atoms with Gasteiger partial charge in [-0.1, -0.05) is 0 Å². The predicted octanol–water partition coefficient (Wildman–Crippen LogP) is 1.95. The fourth-order valence-corrected chi connectivity index (χ4v) is 2.16. The normalized spacial score (nSPS) is 18.4. The maximum absolute atomic E-state index is 9.40. The molecular weight excluding hydrogens is 242 g/mol. The van der Waals surface area contributed by atoms with E-state index in [0.29, 0.717) is 5.92 Å². The lowest BCUT2D eigenvalue weighted by atomic mass is 9.87. The molecule has 0 bridgehead atoms. The van der Waals surface area contributed by atoms with Crippen molar-refractivity contribution in [2.45, 2.75) is 18.9 Å². The first-order valence-corrected chi connectivity index (χ1v) is 5.53. The fraction of sp³-hybridized carbons (Fsp3) is 0.500. The molecule has 2 rings (SSSR count). The summed E-state index contributed by atoms with van der Waals surface area (Å²) in [6.07, 6.45) is 1.86. The van der Waals surface area contributed by atoms with Crippen molar-refractivity contribution in [2.24, 2.45) is 11.7 Å². The van der Waals surface area contributed by atoms with E-state index in [9.17, 15) is 10.2 Å². The molecule has 17 heavy (non-hydrogen) atoms. The zero-order chi connectivity index (χ0) is 11.5. The predicted molar refractivity (Wildman–Crippen MR) is 67.5 cm³/mol. The molecule has 1 atom stereocenters. The van der Waals surface area contributed by atoms with Crippen LogP contribution >= 0.6 is 12.4 Å². The first-order valence-electron chi connectivity index (χ1n) is 5.53. The second-order valence-electron chi connectivity index (χ2n) is 4.26. The largest absolute Gasteiger partial charge is 0.508 e. The number of ether oxygens (including phenoxy) is 1. The highest BCUT2D eigenvalue weighted by Crippen LogP contribution is 2.31. The Labute approximate surface area is 107 Å². The standard InChI is InChI=1S/C12H17NO3.ClH/c13-12(8-1-3-16-4-2-8)9-5-10(14)7-11(15)6-9;/h5-8,12,14-15H,1-4,13H2;1H/t12-;/m1./s1. The van der Waals surface area contributed by atoms with Crippen LogP contribution in [0.1, 0.15) is 24.4 Å². The van der Waals surface area contributed by atoms with Crippen molar-refractivity contribution in [2.75, 3.05) is 13.2 Å². The highest BCUT2D eigenvalue weighted by molar-refractivity contribution is 5.85. The molecule has 1 heterocycles. The molecule has 1 aliphatic rings. The van der Waals surface area contributed by atoms with Gasteiger partial charge in [-0.2, -0.15) is 0 Å². The monoisotopic (exact) mass is 259 g/mol. The Kier molecular flexibility index (Phi) is 5.05. The van der Waals surface area contributed by atoms with Crippen LogP contribution in [0.2, 0.25) is 0 Å². The Bertz CT molecular complexity index is 347. The molecule has 4 nitrogen and oxygen atoms in total. The summed E-state index contributed by atoms with van der Waals surface area (Å²) >= 11 is 0. The number of phenols is 2. The quantitative estimate of drug-likeness (QED) is 0.759. The summed E-state index contributed by atoms with van der Waals surface area (Å²) < 4.78 is 5.28. The molecule has 0 saturated carbocycles. The second kappa shape index (κ2) is 6.10. The summed E-state index contributed by atoms with van der Waals surface area (Å²) in [6, 6.07) is 4.38. The van der Waals surface area contributed by atoms with Gasteiger partial charge in [0.1, 0.15) is 11.5 Å². The number of benzene rings is 1. The van der Waals surface area contributed by atoms with Gasteiger partial charge in [-0.15, -0.1) is 12.4 Å². The minimum absolute atomic E-state index is 0. The number of rotatable bonds is 2. The minimum Gasteiger partial charge on any atom is -0.508 e. The van der Waals surface area contributed by atoms with E-state index in [-0.39, 0.29) is 29.9 Å². The average molecular weight is 260 g/mol. The van der Waals surface area contributed by atoms with E-state index in [1.807, 2.05) is 0 Å². The first kappa shape index (κ1) is 14.1. The van der Waals surface area contributed by atoms with Crippen LogP contribution in [-0.2, 0) is 4.74 Å². The third kappa shape index (κ3) is 3.49. The van der Waals surface area contributed by atoms with Gasteiger partial charge in [0.25, 0.3) is 0 Å². The molecule has 0 aromatic heterocycles. The van der Waals surface area contributed by atoms with Crippen LogP contribution in [0.25, 0.3) is 0 Å². The van der Waals surface area contributed by atoms with Gasteiger partial charge >= 0.3 is 0 Å². The topological polar surface area (TPSA) is 75.7 Å². The highest BCUT2D eigenvalue weighted by Gasteiger charge is 2.22. The second-order valence-corrected chi connectivity index (χ2v) is 4.26. The van der Waals surface area contributed by atoms with Crippen LogP contribution in [0, 0.1) is 5.92 Å². The number of hydrogen-bond acceptors (Lipinski definition) is 4. The fourth-order valence-electron chi connectivity index (χ4n) is 2.16. The van der Waals surface area contributed by atoms with Gasteiger partial charge in [-0.05, 0) is 36.5 Å². The van der Waals surface area contributed by atoms with Crippen LogP contribution in [0.5, 0.6) is 11.5 Å². The van der Waals surface area contributed by atoms with Crippen molar-refractivity contribution in [1.29, 1.82) is 0 Å². The molecule has 1 aromatic carbocycles. The third-order valence-electron chi connectivity index (χ3n) is 3.08. The molecule has 4 N–H and O–H groups in total. The van der Waals surface area contributed by atoms with Gasteiger partial charge in [-0.25, -0.2) is 0 Å². The van der Waals surface area contributed by atoms with Gasteiger partial charge in [-0.3, -0.25) is 0 Å². The number of nitrogens with two attached hydrogens (primary N) is 1. The van der Waals surface area contributed by atoms with Gasteiger partial charge in [0, 0.05) is 25.3 Å². The Balaban J connectivity index is 0.00000144. The number of phenolic OH excluding ortho intramolecular Hbond substituents is 2. The zero-order valence-electron chi connectivity index (χ0n) is 9.50. The van der Waals surface area contributed by atoms with Gasteiger partial charge < -0.3 is 20.7 Å². The number of aromatic hydroxyl groups is 2. The maximum Gasteiger partial charge on any atom is 0.119 e. The molecule has 0 unspecified atom stereocenters. The van der Waals surface area contributed by atoms with E-state index in [4.69, 9.17) is 10.5 Å². The van der Waals surface area contributed by atoms with Crippen molar-refractivity contribution in [1.82, 2.24) is 0 Å². The van der Waals surface area contributed by atoms with E-state index >= 15 is 0 Å². The SMILES string of the molecule is Cl.N[C@@H](c1cc(O)cc(O)c1)C1CCOCC1. The summed E-state index contributed by atoms with van der Waals surface area (Å²) in [6.45, 7) is 1.48. The molecule has 0 aliphatic carbocycles. The minimum atomic E-state index is -0.151. The average Bonchev–Trinajstić information content (AvgIpc) is 2.28. The lowest BCUT2D eigenvalue weighted by molar-refractivity contribution is 0.0583. The Morgan fingerprint density at radius 3 is 2.18 bits per heavy atom. The van der Waals surface area contributed by atoms with E-state index in [1.54, 1.807) is 12.1 Å². The molecule has 96 valence electrons. The molecule has 0 amide bonds. The van der Waals surface area contributed by atoms with E-state index in [0.717, 1.165) is 31.6 Å². The van der Waals surface area contributed by atoms with Crippen LogP contribution in [-0.4, -0.2) is 23.4 Å². The molecule has 5 heteroatoms. The van der Waals surface area contributed by atoms with Crippen LogP contribution in [0.3, 0.4) is 0 Å². The van der Waals surface area contributed by atoms with Crippen LogP contribution < -0.4 is 5.73 Å². The van der Waals surface area contributed by atoms with Crippen molar-refractivity contribution in [3.05, 3.63) is 23.8 Å². The summed E-state index contributed by atoms with van der Waals surface area (Å²) in [5.74, 6) is 0.463. The van der Waals surface area contributed by atoms with Crippen molar-refractivity contribution >= 4 is 12.4 Å². The van der Waals surface area contributed by atoms with Gasteiger partial charge in [0.05, 0.1) is 0 Å². The molecule has 0 spiro atoms. The summed E-state index contributed by atoms with van der Waals surface area (Å²) in [5, 5.41) is 18.8. The number of halogens is 1. The molecule has 1 fully saturated rings. The van der Waals surface area contributed by atoms with Crippen LogP contribution in [0.4, 0.5) is 0 Å². The Morgan fingerprint density at radius 1 is 1.12 bits per heavy atom. The van der Waals surface area contributed by atoms with Gasteiger partial charge in [0.2, 0.25) is 0 Å². The first-order chi connectivity index (χ1) is 7.66. The summed E-state index contributed by atoms with van der Waals surface area (Å²) in [5.41, 5.74) is 6.91. The Hall–Kier alpha value is -0.970. The molecule has 1 aromatic rings. The lowest BCUT2D eigenvalue weighted by Crippen LogP contribution is -2.27. The van der Waals surface area contributed by atoms with E-state index < -0.39 is 0 Å². The highest BCUT2D eigenvalue weighted by atomic mass is 35.5. The zero-order valence-corrected chi connectivity index (χ0v) is 10.3. The summed E-state index contributed by atoms with van der Waals surface area (Å²) in [4.78, 5) is 0. The van der Waals surface area contributed by atoms with Crippen LogP contribution in [0.15, 0.2) is 18.2 Å². The molecule has 0 radical (unpaired) electrons. The molecule has 1 saturated heterocycles. The maximum atomic E-state index is 9.40. The van der Waals surface area contributed by atoms with E-state index in [1.165, 1.54) is 6.07 Å². The molecule has 1 aliphatic heterocycles. The smallest absolute Gasteiger partial charge is 0.119 e. The lowest BCUT2D eigenvalue weighted by Gasteiger charge is -2.28. The van der Waals surface area contributed by atoms with Crippen molar-refractivity contribution in [3.63, 3.8) is 0 Å². The van der Waals surface area contributed by atoms with Crippen molar-refractivity contribution < 1.29 is 14.9 Å². The molecular formula is C12H18ClNO3. The summed E-state index contributed by atoms with van der Waals surface area (Å²) in [7, 11) is 0. The van der Waals surface area contributed by atoms with E-state index in [2.05, 4.69) is 0 Å².